The van der Waals surface area contributed by atoms with Gasteiger partial charge < -0.3 is 4.74 Å². The van der Waals surface area contributed by atoms with Gasteiger partial charge in [-0.1, -0.05) is 62.5 Å². The summed E-state index contributed by atoms with van der Waals surface area (Å²) in [6.07, 6.45) is 24.6. The van der Waals surface area contributed by atoms with E-state index in [4.69, 9.17) is 17.0 Å². The van der Waals surface area contributed by atoms with E-state index in [1.165, 1.54) is 0 Å². The van der Waals surface area contributed by atoms with Crippen molar-refractivity contribution in [2.75, 3.05) is 6.61 Å². The van der Waals surface area contributed by atoms with E-state index < -0.39 is 0 Å². The third-order valence-electron chi connectivity index (χ3n) is 2.72. The van der Waals surface area contributed by atoms with Crippen LogP contribution in [0, 0.1) is 0 Å². The molecular weight excluding hydrogens is 276 g/mol. The fourth-order valence-electron chi connectivity index (χ4n) is 1.61. The molecule has 0 aliphatic carbocycles. The maximum absolute atomic E-state index is 5.43. The van der Waals surface area contributed by atoms with Gasteiger partial charge in [-0.15, -0.1) is 0 Å². The number of ether oxygens (including phenoxy) is 1. The molecule has 118 valence electrons. The number of thiocarbonyl (C=S) groups is 1. The molecule has 0 heterocycles. The largest absolute Gasteiger partial charge is 0.487 e. The highest BCUT2D eigenvalue weighted by Crippen LogP contribution is 1.98. The lowest BCUT2D eigenvalue weighted by Gasteiger charge is -2.03. The summed E-state index contributed by atoms with van der Waals surface area (Å²) in [6, 6.07) is 0. The van der Waals surface area contributed by atoms with Crippen molar-refractivity contribution in [2.45, 2.75) is 58.8 Å². The van der Waals surface area contributed by atoms with Crippen LogP contribution in [-0.4, -0.2) is 11.7 Å². The maximum Gasteiger partial charge on any atom is 0.159 e. The Kier molecular flexibility index (Phi) is 16.0. The summed E-state index contributed by atoms with van der Waals surface area (Å²) in [6.45, 7) is 4.97. The van der Waals surface area contributed by atoms with Gasteiger partial charge in [0.25, 0.3) is 0 Å². The van der Waals surface area contributed by atoms with Crippen molar-refractivity contribution in [1.29, 1.82) is 0 Å². The van der Waals surface area contributed by atoms with Crippen LogP contribution in [0.1, 0.15) is 58.8 Å². The van der Waals surface area contributed by atoms with Crippen molar-refractivity contribution in [3.63, 3.8) is 0 Å². The molecule has 0 atom stereocenters. The number of allylic oxidation sites excluding steroid dienone is 7. The Morgan fingerprint density at radius 1 is 0.810 bits per heavy atom. The predicted octanol–water partition coefficient (Wildman–Crippen LogP) is 6.33. The molecule has 0 saturated carbocycles. The first-order valence-corrected chi connectivity index (χ1v) is 8.47. The van der Waals surface area contributed by atoms with Crippen LogP contribution in [0.2, 0.25) is 0 Å². The molecule has 0 fully saturated rings. The Morgan fingerprint density at radius 2 is 1.33 bits per heavy atom. The highest BCUT2D eigenvalue weighted by molar-refractivity contribution is 7.80. The molecule has 0 radical (unpaired) electrons. The van der Waals surface area contributed by atoms with Crippen LogP contribution in [0.3, 0.4) is 0 Å². The van der Waals surface area contributed by atoms with Gasteiger partial charge in [0.2, 0.25) is 0 Å². The van der Waals surface area contributed by atoms with E-state index >= 15 is 0 Å². The molecule has 0 aromatic carbocycles. The minimum absolute atomic E-state index is 0.701. The summed E-state index contributed by atoms with van der Waals surface area (Å²) in [7, 11) is 0. The summed E-state index contributed by atoms with van der Waals surface area (Å²) in [5.74, 6) is 0. The van der Waals surface area contributed by atoms with Gasteiger partial charge in [-0.2, -0.15) is 0 Å². The van der Waals surface area contributed by atoms with E-state index in [0.29, 0.717) is 6.61 Å². The second kappa shape index (κ2) is 16.9. The highest BCUT2D eigenvalue weighted by atomic mass is 32.1. The zero-order valence-electron chi connectivity index (χ0n) is 13.6. The minimum Gasteiger partial charge on any atom is -0.487 e. The molecule has 0 aliphatic rings. The summed E-state index contributed by atoms with van der Waals surface area (Å²) in [5, 5.41) is 0.742. The Balaban J connectivity index is 3.44. The summed E-state index contributed by atoms with van der Waals surface area (Å²) < 4.78 is 5.43. The van der Waals surface area contributed by atoms with E-state index in [2.05, 4.69) is 62.5 Å². The third-order valence-corrected chi connectivity index (χ3v) is 3.04. The van der Waals surface area contributed by atoms with Crippen LogP contribution in [0.15, 0.2) is 48.6 Å². The van der Waals surface area contributed by atoms with Crippen molar-refractivity contribution in [1.82, 2.24) is 0 Å². The average molecular weight is 307 g/mol. The summed E-state index contributed by atoms with van der Waals surface area (Å²) >= 11 is 5.08. The summed E-state index contributed by atoms with van der Waals surface area (Å²) in [5.41, 5.74) is 0. The topological polar surface area (TPSA) is 9.23 Å². The second-order valence-electron chi connectivity index (χ2n) is 4.76. The standard InChI is InChI=1S/C19H30OS/c1-3-5-6-7-8-9-10-11-12-13-14-15-16-18-20-19(21)17-4-2/h5-6,8-9,11-12,14-15H,3-4,7,10,13,16-18H2,1-2H3/b6-5-,9-8-,12-11-,15-14-. The van der Waals surface area contributed by atoms with Gasteiger partial charge in [-0.05, 0) is 50.7 Å². The lowest BCUT2D eigenvalue weighted by molar-refractivity contribution is 0.311. The maximum atomic E-state index is 5.43. The first-order chi connectivity index (χ1) is 10.3. The van der Waals surface area contributed by atoms with Gasteiger partial charge in [0.05, 0.1) is 6.61 Å². The van der Waals surface area contributed by atoms with E-state index in [1.807, 2.05) is 0 Å². The normalized spacial score (nSPS) is 12.3. The van der Waals surface area contributed by atoms with Crippen molar-refractivity contribution < 1.29 is 4.74 Å². The second-order valence-corrected chi connectivity index (χ2v) is 5.22. The van der Waals surface area contributed by atoms with Crippen LogP contribution < -0.4 is 0 Å². The molecule has 0 aromatic heterocycles. The first-order valence-electron chi connectivity index (χ1n) is 8.06. The Hall–Kier alpha value is -1.15. The monoisotopic (exact) mass is 306 g/mol. The SMILES string of the molecule is CC/C=C\C/C=C\C/C=C\C/C=C\CCOC(=S)CCC. The number of hydrogen-bond acceptors (Lipinski definition) is 2. The highest BCUT2D eigenvalue weighted by Gasteiger charge is 1.93. The Morgan fingerprint density at radius 3 is 1.86 bits per heavy atom. The van der Waals surface area contributed by atoms with Crippen LogP contribution in [0.4, 0.5) is 0 Å². The zero-order chi connectivity index (χ0) is 15.6. The van der Waals surface area contributed by atoms with Crippen LogP contribution in [0.5, 0.6) is 0 Å². The molecule has 0 saturated heterocycles. The van der Waals surface area contributed by atoms with Crippen LogP contribution >= 0.6 is 12.2 Å². The fourth-order valence-corrected chi connectivity index (χ4v) is 1.90. The van der Waals surface area contributed by atoms with E-state index in [9.17, 15) is 0 Å². The quantitative estimate of drug-likeness (QED) is 0.237. The average Bonchev–Trinajstić information content (AvgIpc) is 2.48. The van der Waals surface area contributed by atoms with Gasteiger partial charge in [0, 0.05) is 6.42 Å². The molecule has 0 aliphatic heterocycles. The molecular formula is C19H30OS. The fraction of sp³-hybridized carbons (Fsp3) is 0.526. The lowest BCUT2D eigenvalue weighted by Crippen LogP contribution is -2.01. The van der Waals surface area contributed by atoms with E-state index in [1.54, 1.807) is 0 Å². The van der Waals surface area contributed by atoms with Gasteiger partial charge >= 0.3 is 0 Å². The van der Waals surface area contributed by atoms with Gasteiger partial charge in [-0.25, -0.2) is 0 Å². The molecule has 0 unspecified atom stereocenters. The van der Waals surface area contributed by atoms with Crippen LogP contribution in [-0.2, 0) is 4.74 Å². The van der Waals surface area contributed by atoms with Gasteiger partial charge in [0.1, 0.15) is 0 Å². The third kappa shape index (κ3) is 16.8. The molecule has 1 nitrogen and oxygen atoms in total. The molecule has 2 heteroatoms. The zero-order valence-corrected chi connectivity index (χ0v) is 14.4. The smallest absolute Gasteiger partial charge is 0.159 e. The Labute approximate surface area is 136 Å². The molecule has 0 spiro atoms. The van der Waals surface area contributed by atoms with Gasteiger partial charge in [0.15, 0.2) is 5.05 Å². The van der Waals surface area contributed by atoms with Gasteiger partial charge in [-0.3, -0.25) is 0 Å². The van der Waals surface area contributed by atoms with Crippen molar-refractivity contribution in [3.05, 3.63) is 48.6 Å². The van der Waals surface area contributed by atoms with E-state index in [0.717, 1.165) is 50.0 Å². The van der Waals surface area contributed by atoms with Crippen molar-refractivity contribution in [2.24, 2.45) is 0 Å². The molecule has 0 N–H and O–H groups in total. The molecule has 0 amide bonds. The molecule has 0 bridgehead atoms. The lowest BCUT2D eigenvalue weighted by atomic mass is 10.2. The van der Waals surface area contributed by atoms with Crippen LogP contribution in [0.25, 0.3) is 0 Å². The Bertz CT molecular complexity index is 351. The van der Waals surface area contributed by atoms with E-state index in [-0.39, 0.29) is 0 Å². The molecule has 21 heavy (non-hydrogen) atoms. The predicted molar refractivity (Wildman–Crippen MR) is 98.8 cm³/mol. The van der Waals surface area contributed by atoms with Crippen molar-refractivity contribution in [3.8, 4) is 0 Å². The van der Waals surface area contributed by atoms with Crippen molar-refractivity contribution >= 4 is 17.3 Å². The molecule has 0 rings (SSSR count). The summed E-state index contributed by atoms with van der Waals surface area (Å²) in [4.78, 5) is 0. The number of rotatable bonds is 12. The molecule has 0 aromatic rings. The first kappa shape index (κ1) is 19.9. The number of hydrogen-bond donors (Lipinski definition) is 0. The minimum atomic E-state index is 0.701.